The number of benzene rings is 2. The highest BCUT2D eigenvalue weighted by Crippen LogP contribution is 2.39. The van der Waals surface area contributed by atoms with Crippen molar-refractivity contribution in [2.45, 2.75) is 32.3 Å². The minimum absolute atomic E-state index is 0.00184. The number of Topliss-reactive ketones (excluding diaryl/α,β-unsaturated/α-hetero) is 1. The lowest BCUT2D eigenvalue weighted by atomic mass is 10.1. The van der Waals surface area contributed by atoms with E-state index in [-0.39, 0.29) is 12.4 Å². The molecule has 0 atom stereocenters. The second-order valence-electron chi connectivity index (χ2n) is 7.14. The quantitative estimate of drug-likeness (QED) is 0.444. The van der Waals surface area contributed by atoms with Crippen molar-refractivity contribution in [3.8, 4) is 11.4 Å². The molecule has 0 unspecified atom stereocenters. The molecule has 0 aliphatic heterocycles. The zero-order valence-corrected chi connectivity index (χ0v) is 16.4. The average molecular weight is 390 g/mol. The third-order valence-corrected chi connectivity index (χ3v) is 4.98. The standard InChI is InChI=1S/C23H22N2O4/c1-15(26)17-10-11-22(28-2)18(12-17)14-29-23(27)21-13-20(16-8-9-16)24-25(21)19-6-4-3-5-7-19/h3-7,10-13,16H,8-9,14H2,1-2H3. The van der Waals surface area contributed by atoms with Crippen LogP contribution in [0.25, 0.3) is 5.69 Å². The molecule has 0 radical (unpaired) electrons. The van der Waals surface area contributed by atoms with Crippen molar-refractivity contribution >= 4 is 11.8 Å². The van der Waals surface area contributed by atoms with Crippen LogP contribution in [-0.2, 0) is 11.3 Å². The summed E-state index contributed by atoms with van der Waals surface area (Å²) in [5.74, 6) is 0.455. The number of carbonyl (C=O) groups is 2. The fourth-order valence-corrected chi connectivity index (χ4v) is 3.22. The molecule has 1 saturated carbocycles. The molecular formula is C23H22N2O4. The summed E-state index contributed by atoms with van der Waals surface area (Å²) in [6.07, 6.45) is 2.19. The molecule has 2 aromatic carbocycles. The zero-order valence-electron chi connectivity index (χ0n) is 16.4. The number of ether oxygens (including phenoxy) is 2. The van der Waals surface area contributed by atoms with Gasteiger partial charge in [0.2, 0.25) is 0 Å². The molecule has 4 rings (SSSR count). The van der Waals surface area contributed by atoms with Crippen LogP contribution in [0, 0.1) is 0 Å². The molecule has 1 aromatic heterocycles. The lowest BCUT2D eigenvalue weighted by Crippen LogP contribution is -2.12. The first-order valence-corrected chi connectivity index (χ1v) is 9.57. The summed E-state index contributed by atoms with van der Waals surface area (Å²) in [4.78, 5) is 24.6. The largest absolute Gasteiger partial charge is 0.496 e. The molecule has 0 bridgehead atoms. The van der Waals surface area contributed by atoms with Crippen LogP contribution in [0.1, 0.15) is 57.8 Å². The topological polar surface area (TPSA) is 70.4 Å². The number of hydrogen-bond donors (Lipinski definition) is 0. The Labute approximate surface area is 169 Å². The summed E-state index contributed by atoms with van der Waals surface area (Å²) in [5.41, 5.74) is 3.29. The van der Waals surface area contributed by atoms with Gasteiger partial charge in [-0.1, -0.05) is 18.2 Å². The normalized spacial score (nSPS) is 13.2. The lowest BCUT2D eigenvalue weighted by molar-refractivity contribution is 0.0459. The van der Waals surface area contributed by atoms with E-state index in [0.717, 1.165) is 24.2 Å². The molecule has 148 valence electrons. The molecule has 0 spiro atoms. The first-order valence-electron chi connectivity index (χ1n) is 9.57. The molecule has 6 nitrogen and oxygen atoms in total. The number of aromatic nitrogens is 2. The molecule has 1 fully saturated rings. The molecule has 29 heavy (non-hydrogen) atoms. The van der Waals surface area contributed by atoms with Gasteiger partial charge < -0.3 is 9.47 Å². The highest BCUT2D eigenvalue weighted by Gasteiger charge is 2.29. The van der Waals surface area contributed by atoms with E-state index in [1.807, 2.05) is 36.4 Å². The summed E-state index contributed by atoms with van der Waals surface area (Å²) < 4.78 is 12.5. The third-order valence-electron chi connectivity index (χ3n) is 4.98. The Hall–Kier alpha value is -3.41. The minimum atomic E-state index is -0.469. The van der Waals surface area contributed by atoms with Crippen LogP contribution in [0.15, 0.2) is 54.6 Å². The van der Waals surface area contributed by atoms with Gasteiger partial charge in [-0.3, -0.25) is 4.79 Å². The van der Waals surface area contributed by atoms with Crippen LogP contribution in [0.4, 0.5) is 0 Å². The Morgan fingerprint density at radius 3 is 2.52 bits per heavy atom. The Bertz CT molecular complexity index is 1050. The van der Waals surface area contributed by atoms with Crippen molar-refractivity contribution in [3.05, 3.63) is 77.1 Å². The van der Waals surface area contributed by atoms with Gasteiger partial charge in [-0.2, -0.15) is 5.10 Å². The van der Waals surface area contributed by atoms with E-state index in [0.29, 0.717) is 28.5 Å². The number of methoxy groups -OCH3 is 1. The predicted octanol–water partition coefficient (Wildman–Crippen LogP) is 4.32. The highest BCUT2D eigenvalue weighted by molar-refractivity contribution is 5.94. The van der Waals surface area contributed by atoms with Gasteiger partial charge in [0.15, 0.2) is 11.5 Å². The first-order chi connectivity index (χ1) is 14.1. The number of para-hydroxylation sites is 1. The molecule has 1 aliphatic rings. The average Bonchev–Trinajstić information content (AvgIpc) is 3.50. The number of esters is 1. The maximum absolute atomic E-state index is 12.9. The molecule has 0 amide bonds. The lowest BCUT2D eigenvalue weighted by Gasteiger charge is -2.11. The van der Waals surface area contributed by atoms with E-state index in [1.54, 1.807) is 30.0 Å². The van der Waals surface area contributed by atoms with Gasteiger partial charge in [-0.05, 0) is 56.2 Å². The fourth-order valence-electron chi connectivity index (χ4n) is 3.22. The predicted molar refractivity (Wildman–Crippen MR) is 108 cm³/mol. The summed E-state index contributed by atoms with van der Waals surface area (Å²) in [5, 5.41) is 4.64. The van der Waals surface area contributed by atoms with Crippen molar-refractivity contribution in [2.75, 3.05) is 7.11 Å². The maximum Gasteiger partial charge on any atom is 0.357 e. The second kappa shape index (κ2) is 7.91. The Kier molecular flexibility index (Phi) is 5.16. The fraction of sp³-hybridized carbons (Fsp3) is 0.261. The van der Waals surface area contributed by atoms with E-state index >= 15 is 0 Å². The molecule has 1 heterocycles. The third kappa shape index (κ3) is 4.06. The van der Waals surface area contributed by atoms with Crippen LogP contribution in [0.3, 0.4) is 0 Å². The van der Waals surface area contributed by atoms with E-state index in [2.05, 4.69) is 5.10 Å². The van der Waals surface area contributed by atoms with Crippen LogP contribution in [-0.4, -0.2) is 28.6 Å². The smallest absolute Gasteiger partial charge is 0.357 e. The van der Waals surface area contributed by atoms with E-state index < -0.39 is 5.97 Å². The number of rotatable bonds is 7. The second-order valence-corrected chi connectivity index (χ2v) is 7.14. The van der Waals surface area contributed by atoms with Gasteiger partial charge in [0.1, 0.15) is 12.4 Å². The van der Waals surface area contributed by atoms with Crippen LogP contribution >= 0.6 is 0 Å². The Morgan fingerprint density at radius 1 is 1.10 bits per heavy atom. The number of carbonyl (C=O) groups excluding carboxylic acids is 2. The van der Waals surface area contributed by atoms with Crippen molar-refractivity contribution < 1.29 is 19.1 Å². The van der Waals surface area contributed by atoms with Crippen LogP contribution < -0.4 is 4.74 Å². The maximum atomic E-state index is 12.9. The molecule has 3 aromatic rings. The van der Waals surface area contributed by atoms with Crippen molar-refractivity contribution in [2.24, 2.45) is 0 Å². The highest BCUT2D eigenvalue weighted by atomic mass is 16.5. The number of nitrogens with zero attached hydrogens (tertiary/aromatic N) is 2. The van der Waals surface area contributed by atoms with Crippen molar-refractivity contribution in [1.29, 1.82) is 0 Å². The van der Waals surface area contributed by atoms with Gasteiger partial charge in [-0.15, -0.1) is 0 Å². The zero-order chi connectivity index (χ0) is 20.4. The van der Waals surface area contributed by atoms with E-state index in [4.69, 9.17) is 9.47 Å². The Balaban J connectivity index is 1.59. The van der Waals surface area contributed by atoms with Crippen LogP contribution in [0.5, 0.6) is 5.75 Å². The Morgan fingerprint density at radius 2 is 1.86 bits per heavy atom. The van der Waals surface area contributed by atoms with E-state index in [9.17, 15) is 9.59 Å². The molecule has 0 N–H and O–H groups in total. The molecular weight excluding hydrogens is 368 g/mol. The van der Waals surface area contributed by atoms with Gasteiger partial charge in [0.25, 0.3) is 0 Å². The number of ketones is 1. The molecule has 0 saturated heterocycles. The van der Waals surface area contributed by atoms with Gasteiger partial charge >= 0.3 is 5.97 Å². The monoisotopic (exact) mass is 390 g/mol. The SMILES string of the molecule is COc1ccc(C(C)=O)cc1COC(=O)c1cc(C2CC2)nn1-c1ccccc1. The summed E-state index contributed by atoms with van der Waals surface area (Å²) >= 11 is 0. The molecule has 1 aliphatic carbocycles. The van der Waals surface area contributed by atoms with Crippen molar-refractivity contribution in [1.82, 2.24) is 9.78 Å². The van der Waals surface area contributed by atoms with Gasteiger partial charge in [0, 0.05) is 17.0 Å². The summed E-state index contributed by atoms with van der Waals surface area (Å²) in [6, 6.07) is 16.4. The van der Waals surface area contributed by atoms with Crippen LogP contribution in [0.2, 0.25) is 0 Å². The summed E-state index contributed by atoms with van der Waals surface area (Å²) in [6.45, 7) is 1.50. The van der Waals surface area contributed by atoms with E-state index in [1.165, 1.54) is 6.92 Å². The van der Waals surface area contributed by atoms with Gasteiger partial charge in [0.05, 0.1) is 18.5 Å². The minimum Gasteiger partial charge on any atom is -0.496 e. The number of hydrogen-bond acceptors (Lipinski definition) is 5. The first kappa shape index (κ1) is 18.9. The van der Waals surface area contributed by atoms with Crippen molar-refractivity contribution in [3.63, 3.8) is 0 Å². The summed E-state index contributed by atoms with van der Waals surface area (Å²) in [7, 11) is 1.54. The van der Waals surface area contributed by atoms with Gasteiger partial charge in [-0.25, -0.2) is 9.48 Å². The molecule has 6 heteroatoms.